The molecule has 2 aromatic heterocycles. The van der Waals surface area contributed by atoms with Gasteiger partial charge in [-0.1, -0.05) is 12.1 Å². The largest absolute Gasteiger partial charge is 0.504 e. The van der Waals surface area contributed by atoms with Crippen molar-refractivity contribution in [1.29, 1.82) is 5.41 Å². The Bertz CT molecular complexity index is 1390. The van der Waals surface area contributed by atoms with Gasteiger partial charge in [0.2, 0.25) is 17.4 Å². The number of nitrogens with two attached hydrogens (primary N) is 1. The molecule has 0 aliphatic rings. The predicted octanol–water partition coefficient (Wildman–Crippen LogP) is 4.34. The molecule has 0 amide bonds. The van der Waals surface area contributed by atoms with Crippen molar-refractivity contribution in [1.82, 2.24) is 14.5 Å². The molecule has 174 valence electrons. The van der Waals surface area contributed by atoms with Gasteiger partial charge in [-0.3, -0.25) is 5.41 Å². The maximum absolute atomic E-state index is 14.9. The van der Waals surface area contributed by atoms with Crippen LogP contribution in [0.25, 0.3) is 11.4 Å². The van der Waals surface area contributed by atoms with E-state index in [9.17, 15) is 13.9 Å². The lowest BCUT2D eigenvalue weighted by Crippen LogP contribution is -2.11. The molecule has 11 heteroatoms. The Kier molecular flexibility index (Phi) is 6.00. The molecule has 0 atom stereocenters. The second kappa shape index (κ2) is 9.06. The summed E-state index contributed by atoms with van der Waals surface area (Å²) in [5, 5.41) is 17.6. The molecule has 2 aromatic carbocycles. The van der Waals surface area contributed by atoms with Crippen LogP contribution in [0.2, 0.25) is 0 Å². The van der Waals surface area contributed by atoms with Gasteiger partial charge < -0.3 is 29.6 Å². The van der Waals surface area contributed by atoms with Crippen LogP contribution >= 0.6 is 0 Å². The van der Waals surface area contributed by atoms with Gasteiger partial charge in [-0.2, -0.15) is 13.8 Å². The first-order chi connectivity index (χ1) is 16.3. The van der Waals surface area contributed by atoms with Crippen molar-refractivity contribution in [2.24, 2.45) is 12.8 Å². The highest BCUT2D eigenvalue weighted by Crippen LogP contribution is 2.39. The van der Waals surface area contributed by atoms with Gasteiger partial charge in [-0.25, -0.2) is 4.98 Å². The van der Waals surface area contributed by atoms with E-state index in [0.717, 1.165) is 7.11 Å². The van der Waals surface area contributed by atoms with Crippen LogP contribution in [0.1, 0.15) is 5.56 Å². The number of aromatic nitrogens is 3. The molecule has 0 aliphatic heterocycles. The Balaban J connectivity index is 1.73. The van der Waals surface area contributed by atoms with Gasteiger partial charge >= 0.3 is 0 Å². The zero-order chi connectivity index (χ0) is 24.4. The number of phenolic OH excluding ortho intramolecular Hbond substituents is 1. The van der Waals surface area contributed by atoms with E-state index < -0.39 is 29.1 Å². The van der Waals surface area contributed by atoms with E-state index in [1.54, 1.807) is 41.2 Å². The van der Waals surface area contributed by atoms with E-state index >= 15 is 0 Å². The van der Waals surface area contributed by atoms with E-state index in [-0.39, 0.29) is 28.6 Å². The van der Waals surface area contributed by atoms with Gasteiger partial charge in [-0.15, -0.1) is 0 Å². The number of benzene rings is 2. The molecule has 0 aliphatic carbocycles. The summed E-state index contributed by atoms with van der Waals surface area (Å²) in [5.41, 5.74) is 6.36. The van der Waals surface area contributed by atoms with Crippen molar-refractivity contribution >= 4 is 5.84 Å². The summed E-state index contributed by atoms with van der Waals surface area (Å²) in [6, 6.07) is 10.5. The van der Waals surface area contributed by atoms with Crippen LogP contribution in [0, 0.1) is 17.0 Å². The van der Waals surface area contributed by atoms with Crippen molar-refractivity contribution in [2.45, 2.75) is 0 Å². The lowest BCUT2D eigenvalue weighted by atomic mass is 10.2. The third-order valence-electron chi connectivity index (χ3n) is 4.79. The predicted molar refractivity (Wildman–Crippen MR) is 119 cm³/mol. The van der Waals surface area contributed by atoms with E-state index in [4.69, 9.17) is 25.4 Å². The Morgan fingerprint density at radius 3 is 2.47 bits per heavy atom. The highest BCUT2D eigenvalue weighted by Gasteiger charge is 2.25. The smallest absolute Gasteiger partial charge is 0.263 e. The molecule has 0 spiro atoms. The molecule has 0 saturated heterocycles. The summed E-state index contributed by atoms with van der Waals surface area (Å²) in [5.74, 6) is -4.63. The number of rotatable bonds is 7. The molecular formula is C23H19F2N5O4. The molecule has 9 nitrogen and oxygen atoms in total. The minimum absolute atomic E-state index is 0.202. The van der Waals surface area contributed by atoms with Crippen LogP contribution in [0.5, 0.6) is 34.8 Å². The number of ether oxygens (including phenoxy) is 3. The van der Waals surface area contributed by atoms with Crippen molar-refractivity contribution in [2.75, 3.05) is 7.11 Å². The highest BCUT2D eigenvalue weighted by molar-refractivity contribution is 5.95. The van der Waals surface area contributed by atoms with E-state index in [0.29, 0.717) is 11.4 Å². The number of nitrogen functional groups attached to an aromatic ring is 1. The maximum Gasteiger partial charge on any atom is 0.263 e. The minimum atomic E-state index is -1.25. The number of halogens is 2. The number of hydrogen-bond acceptors (Lipinski definition) is 7. The van der Waals surface area contributed by atoms with Crippen LogP contribution in [-0.2, 0) is 7.05 Å². The van der Waals surface area contributed by atoms with Gasteiger partial charge in [0.25, 0.3) is 11.8 Å². The van der Waals surface area contributed by atoms with Crippen LogP contribution in [0.3, 0.4) is 0 Å². The number of pyridine rings is 1. The monoisotopic (exact) mass is 467 g/mol. The molecule has 2 heterocycles. The minimum Gasteiger partial charge on any atom is -0.504 e. The third-order valence-corrected chi connectivity index (χ3v) is 4.79. The maximum atomic E-state index is 14.9. The molecule has 0 radical (unpaired) electrons. The summed E-state index contributed by atoms with van der Waals surface area (Å²) in [6.45, 7) is 0. The lowest BCUT2D eigenvalue weighted by Gasteiger charge is -2.14. The zero-order valence-electron chi connectivity index (χ0n) is 18.0. The molecule has 0 saturated carbocycles. The average molecular weight is 467 g/mol. The van der Waals surface area contributed by atoms with E-state index in [1.807, 2.05) is 7.05 Å². The molecule has 0 unspecified atom stereocenters. The van der Waals surface area contributed by atoms with Crippen LogP contribution < -0.4 is 19.9 Å². The molecule has 4 rings (SSSR count). The normalized spacial score (nSPS) is 10.7. The fourth-order valence-electron chi connectivity index (χ4n) is 3.12. The second-order valence-corrected chi connectivity index (χ2v) is 7.07. The summed E-state index contributed by atoms with van der Waals surface area (Å²) < 4.78 is 47.4. The van der Waals surface area contributed by atoms with E-state index in [2.05, 4.69) is 9.97 Å². The number of imidazole rings is 1. The summed E-state index contributed by atoms with van der Waals surface area (Å²) in [7, 11) is 2.90. The third kappa shape index (κ3) is 4.31. The first-order valence-corrected chi connectivity index (χ1v) is 9.82. The fourth-order valence-corrected chi connectivity index (χ4v) is 3.12. The number of aryl methyl sites for hydroxylation is 1. The molecule has 4 N–H and O–H groups in total. The molecule has 0 fully saturated rings. The van der Waals surface area contributed by atoms with Crippen LogP contribution in [0.15, 0.2) is 54.9 Å². The SMILES string of the molecule is COc1c(F)c(Oc2cccc(-c3nccn3C)c2)nc(Oc2cc(C(=N)N)ccc2O)c1F. The second-order valence-electron chi connectivity index (χ2n) is 7.07. The van der Waals surface area contributed by atoms with E-state index in [1.165, 1.54) is 18.2 Å². The number of hydrogen-bond donors (Lipinski definition) is 3. The number of nitrogens with zero attached hydrogens (tertiary/aromatic N) is 3. The van der Waals surface area contributed by atoms with Gasteiger partial charge in [0, 0.05) is 30.6 Å². The Morgan fingerprint density at radius 1 is 1.09 bits per heavy atom. The summed E-state index contributed by atoms with van der Waals surface area (Å²) in [6.07, 6.45) is 3.41. The number of nitrogens with one attached hydrogen (secondary N) is 1. The van der Waals surface area contributed by atoms with Gasteiger partial charge in [0.15, 0.2) is 11.5 Å². The molecule has 34 heavy (non-hydrogen) atoms. The van der Waals surface area contributed by atoms with Crippen molar-refractivity contribution in [3.8, 4) is 46.1 Å². The number of amidine groups is 1. The topological polar surface area (TPSA) is 128 Å². The van der Waals surface area contributed by atoms with Crippen molar-refractivity contribution in [3.63, 3.8) is 0 Å². The molecular weight excluding hydrogens is 448 g/mol. The van der Waals surface area contributed by atoms with Crippen LogP contribution in [0.4, 0.5) is 8.78 Å². The summed E-state index contributed by atoms with van der Waals surface area (Å²) >= 11 is 0. The van der Waals surface area contributed by atoms with Crippen LogP contribution in [-0.4, -0.2) is 32.6 Å². The Hall–Kier alpha value is -4.67. The first-order valence-electron chi connectivity index (χ1n) is 9.82. The number of aromatic hydroxyl groups is 1. The average Bonchev–Trinajstić information content (AvgIpc) is 3.24. The van der Waals surface area contributed by atoms with Gasteiger partial charge in [-0.05, 0) is 30.3 Å². The molecule has 4 aromatic rings. The summed E-state index contributed by atoms with van der Waals surface area (Å²) in [4.78, 5) is 8.07. The highest BCUT2D eigenvalue weighted by atomic mass is 19.1. The molecule has 0 bridgehead atoms. The van der Waals surface area contributed by atoms with Gasteiger partial charge in [0.1, 0.15) is 17.4 Å². The standard InChI is InChI=1S/C23H19F2N5O4/c1-30-9-8-28-21(30)13-4-3-5-14(10-13)33-22-17(24)19(32-2)18(25)23(29-22)34-16-11-12(20(26)27)6-7-15(16)31/h3-11,31H,1-2H3,(H3,26,27). The first kappa shape index (κ1) is 22.5. The fraction of sp³-hybridized carbons (Fsp3) is 0.0870. The Labute approximate surface area is 192 Å². The number of phenols is 1. The quantitative estimate of drug-likeness (QED) is 0.272. The van der Waals surface area contributed by atoms with Gasteiger partial charge in [0.05, 0.1) is 7.11 Å². The number of methoxy groups -OCH3 is 1. The Morgan fingerprint density at radius 2 is 1.82 bits per heavy atom. The van der Waals surface area contributed by atoms with Crippen molar-refractivity contribution in [3.05, 3.63) is 72.1 Å². The van der Waals surface area contributed by atoms with Crippen molar-refractivity contribution < 1.29 is 28.1 Å². The zero-order valence-corrected chi connectivity index (χ0v) is 18.0. The lowest BCUT2D eigenvalue weighted by molar-refractivity contribution is 0.313.